The SMILES string of the molecule is CCCCC(C/C=C(\COC(C)=O)C(=O)OC)O[Si](C)(C)C(C)(C)C. The molecule has 0 aliphatic carbocycles. The topological polar surface area (TPSA) is 61.8 Å². The summed E-state index contributed by atoms with van der Waals surface area (Å²) in [5.74, 6) is -0.891. The molecule has 0 spiro atoms. The standard InChI is InChI=1S/C19H36O5Si/c1-9-10-11-17(24-25(7,8)19(3,4)5)13-12-16(18(21)22-6)14-23-15(2)20/h12,17H,9-11,13-14H2,1-8H3/b16-12+. The lowest BCUT2D eigenvalue weighted by Gasteiger charge is -2.39. The predicted octanol–water partition coefficient (Wildman–Crippen LogP) is 4.62. The van der Waals surface area contributed by atoms with Gasteiger partial charge in [0.15, 0.2) is 8.32 Å². The maximum Gasteiger partial charge on any atom is 0.336 e. The maximum atomic E-state index is 11.9. The first-order valence-corrected chi connectivity index (χ1v) is 11.9. The van der Waals surface area contributed by atoms with Crippen molar-refractivity contribution in [1.29, 1.82) is 0 Å². The minimum Gasteiger partial charge on any atom is -0.466 e. The van der Waals surface area contributed by atoms with Crippen LogP contribution >= 0.6 is 0 Å². The molecule has 0 aromatic carbocycles. The molecule has 6 heteroatoms. The van der Waals surface area contributed by atoms with E-state index >= 15 is 0 Å². The average Bonchev–Trinajstić information content (AvgIpc) is 2.49. The second kappa shape index (κ2) is 10.8. The highest BCUT2D eigenvalue weighted by Gasteiger charge is 2.38. The lowest BCUT2D eigenvalue weighted by Crippen LogP contribution is -2.43. The van der Waals surface area contributed by atoms with Crippen LogP contribution in [0.5, 0.6) is 0 Å². The summed E-state index contributed by atoms with van der Waals surface area (Å²) in [6, 6.07) is 0. The third-order valence-corrected chi connectivity index (χ3v) is 9.19. The van der Waals surface area contributed by atoms with Crippen LogP contribution in [0.2, 0.25) is 18.1 Å². The van der Waals surface area contributed by atoms with E-state index < -0.39 is 20.3 Å². The van der Waals surface area contributed by atoms with Gasteiger partial charge in [0.25, 0.3) is 0 Å². The molecule has 0 aromatic rings. The molecule has 0 aliphatic heterocycles. The van der Waals surface area contributed by atoms with Crippen molar-refractivity contribution in [2.45, 2.75) is 84.5 Å². The summed E-state index contributed by atoms with van der Waals surface area (Å²) in [4.78, 5) is 22.9. The second-order valence-electron chi connectivity index (χ2n) is 7.88. The summed E-state index contributed by atoms with van der Waals surface area (Å²) in [5, 5.41) is 0.129. The van der Waals surface area contributed by atoms with E-state index in [1.54, 1.807) is 6.08 Å². The fraction of sp³-hybridized carbons (Fsp3) is 0.789. The van der Waals surface area contributed by atoms with Gasteiger partial charge in [-0.25, -0.2) is 4.79 Å². The number of rotatable bonds is 10. The lowest BCUT2D eigenvalue weighted by atomic mass is 10.1. The van der Waals surface area contributed by atoms with E-state index in [-0.39, 0.29) is 17.7 Å². The molecule has 0 saturated carbocycles. The van der Waals surface area contributed by atoms with Gasteiger partial charge in [0.2, 0.25) is 0 Å². The van der Waals surface area contributed by atoms with Crippen molar-refractivity contribution in [2.75, 3.05) is 13.7 Å². The molecule has 5 nitrogen and oxygen atoms in total. The van der Waals surface area contributed by atoms with E-state index in [1.807, 2.05) is 0 Å². The number of unbranched alkanes of at least 4 members (excludes halogenated alkanes) is 1. The lowest BCUT2D eigenvalue weighted by molar-refractivity contribution is -0.142. The molecule has 0 aromatic heterocycles. The van der Waals surface area contributed by atoms with Crippen molar-refractivity contribution in [3.8, 4) is 0 Å². The number of esters is 2. The van der Waals surface area contributed by atoms with Crippen molar-refractivity contribution in [2.24, 2.45) is 0 Å². The first kappa shape index (κ1) is 23.9. The predicted molar refractivity (Wildman–Crippen MR) is 103 cm³/mol. The minimum atomic E-state index is -1.89. The molecule has 0 saturated heterocycles. The van der Waals surface area contributed by atoms with Gasteiger partial charge in [-0.05, 0) is 31.0 Å². The van der Waals surface area contributed by atoms with E-state index in [0.717, 1.165) is 19.3 Å². The van der Waals surface area contributed by atoms with E-state index in [4.69, 9.17) is 13.9 Å². The van der Waals surface area contributed by atoms with Crippen molar-refractivity contribution in [3.63, 3.8) is 0 Å². The highest BCUT2D eigenvalue weighted by Crippen LogP contribution is 2.38. The van der Waals surface area contributed by atoms with Crippen molar-refractivity contribution >= 4 is 20.3 Å². The van der Waals surface area contributed by atoms with Gasteiger partial charge in [0.05, 0.1) is 12.7 Å². The van der Waals surface area contributed by atoms with Crippen molar-refractivity contribution < 1.29 is 23.5 Å². The number of hydrogen-bond acceptors (Lipinski definition) is 5. The van der Waals surface area contributed by atoms with Crippen LogP contribution in [0.3, 0.4) is 0 Å². The molecule has 0 amide bonds. The molecule has 0 rings (SSSR count). The number of carbonyl (C=O) groups is 2. The minimum absolute atomic E-state index is 0.0535. The Morgan fingerprint density at radius 2 is 1.80 bits per heavy atom. The highest BCUT2D eigenvalue weighted by molar-refractivity contribution is 6.74. The molecular formula is C19H36O5Si. The summed E-state index contributed by atoms with van der Waals surface area (Å²) < 4.78 is 16.3. The summed E-state index contributed by atoms with van der Waals surface area (Å²) in [6.07, 6.45) is 5.57. The summed E-state index contributed by atoms with van der Waals surface area (Å²) in [7, 11) is -0.569. The summed E-state index contributed by atoms with van der Waals surface area (Å²) in [5.41, 5.74) is 0.359. The van der Waals surface area contributed by atoms with Crippen LogP contribution in [-0.4, -0.2) is 40.1 Å². The van der Waals surface area contributed by atoms with Crippen molar-refractivity contribution in [3.05, 3.63) is 11.6 Å². The number of ether oxygens (including phenoxy) is 2. The Morgan fingerprint density at radius 1 is 1.20 bits per heavy atom. The number of methoxy groups -OCH3 is 1. The second-order valence-corrected chi connectivity index (χ2v) is 12.6. The Hall–Kier alpha value is -1.14. The van der Waals surface area contributed by atoms with Crippen LogP contribution in [0.1, 0.15) is 60.3 Å². The van der Waals surface area contributed by atoms with Gasteiger partial charge in [-0.2, -0.15) is 0 Å². The van der Waals surface area contributed by atoms with Crippen LogP contribution in [-0.2, 0) is 23.5 Å². The Balaban J connectivity index is 5.18. The quantitative estimate of drug-likeness (QED) is 0.318. The molecule has 0 aliphatic rings. The van der Waals surface area contributed by atoms with Gasteiger partial charge < -0.3 is 13.9 Å². The van der Waals surface area contributed by atoms with Crippen LogP contribution in [0.25, 0.3) is 0 Å². The highest BCUT2D eigenvalue weighted by atomic mass is 28.4. The third kappa shape index (κ3) is 9.21. The maximum absolute atomic E-state index is 11.9. The molecule has 0 heterocycles. The van der Waals surface area contributed by atoms with Crippen LogP contribution in [0.4, 0.5) is 0 Å². The molecule has 146 valence electrons. The van der Waals surface area contributed by atoms with Gasteiger partial charge in [0, 0.05) is 13.0 Å². The molecule has 25 heavy (non-hydrogen) atoms. The van der Waals surface area contributed by atoms with Gasteiger partial charge >= 0.3 is 11.9 Å². The fourth-order valence-electron chi connectivity index (χ4n) is 2.04. The summed E-state index contributed by atoms with van der Waals surface area (Å²) >= 11 is 0. The monoisotopic (exact) mass is 372 g/mol. The molecule has 0 N–H and O–H groups in total. The van der Waals surface area contributed by atoms with E-state index in [9.17, 15) is 9.59 Å². The van der Waals surface area contributed by atoms with E-state index in [0.29, 0.717) is 12.0 Å². The third-order valence-electron chi connectivity index (χ3n) is 4.65. The van der Waals surface area contributed by atoms with Gasteiger partial charge in [-0.15, -0.1) is 0 Å². The molecule has 0 bridgehead atoms. The van der Waals surface area contributed by atoms with Crippen LogP contribution in [0, 0.1) is 0 Å². The first-order chi connectivity index (χ1) is 11.4. The molecule has 1 atom stereocenters. The van der Waals surface area contributed by atoms with Gasteiger partial charge in [-0.3, -0.25) is 4.79 Å². The van der Waals surface area contributed by atoms with E-state index in [2.05, 4.69) is 40.8 Å². The van der Waals surface area contributed by atoms with Crippen LogP contribution in [0.15, 0.2) is 11.6 Å². The Morgan fingerprint density at radius 3 is 2.24 bits per heavy atom. The first-order valence-electron chi connectivity index (χ1n) is 9.03. The zero-order valence-electron chi connectivity index (χ0n) is 17.2. The Labute approximate surface area is 154 Å². The smallest absolute Gasteiger partial charge is 0.336 e. The zero-order chi connectivity index (χ0) is 19.7. The van der Waals surface area contributed by atoms with Gasteiger partial charge in [-0.1, -0.05) is 46.6 Å². The van der Waals surface area contributed by atoms with E-state index in [1.165, 1.54) is 14.0 Å². The molecule has 1 unspecified atom stereocenters. The molecular weight excluding hydrogens is 336 g/mol. The summed E-state index contributed by atoms with van der Waals surface area (Å²) in [6.45, 7) is 14.5. The van der Waals surface area contributed by atoms with Gasteiger partial charge in [0.1, 0.15) is 6.61 Å². The van der Waals surface area contributed by atoms with Crippen LogP contribution < -0.4 is 0 Å². The Bertz CT molecular complexity index is 463. The molecule has 0 fully saturated rings. The zero-order valence-corrected chi connectivity index (χ0v) is 18.2. The number of carbonyl (C=O) groups excluding carboxylic acids is 2. The number of hydrogen-bond donors (Lipinski definition) is 0. The largest absolute Gasteiger partial charge is 0.466 e. The Kier molecular flexibility index (Phi) is 10.3. The van der Waals surface area contributed by atoms with Crippen molar-refractivity contribution in [1.82, 2.24) is 0 Å². The molecule has 0 radical (unpaired) electrons. The average molecular weight is 373 g/mol. The normalized spacial score (nSPS) is 14.2. The fourth-order valence-corrected chi connectivity index (χ4v) is 3.44.